The summed E-state index contributed by atoms with van der Waals surface area (Å²) >= 11 is 0. The first-order chi connectivity index (χ1) is 9.79. The van der Waals surface area contributed by atoms with Crippen LogP contribution < -0.4 is 10.6 Å². The summed E-state index contributed by atoms with van der Waals surface area (Å²) in [5, 5.41) is 13.0. The highest BCUT2D eigenvalue weighted by Gasteiger charge is 2.02. The molecule has 1 aromatic carbocycles. The van der Waals surface area contributed by atoms with Crippen molar-refractivity contribution in [3.8, 4) is 0 Å². The number of aromatic nitrogens is 2. The molecular weight excluding hydrogens is 257 g/mol. The van der Waals surface area contributed by atoms with E-state index < -0.39 is 0 Å². The quantitative estimate of drug-likeness (QED) is 0.572. The summed E-state index contributed by atoms with van der Waals surface area (Å²) in [6.07, 6.45) is 2.31. The van der Waals surface area contributed by atoms with Crippen LogP contribution in [0.15, 0.2) is 41.5 Å². The van der Waals surface area contributed by atoms with Gasteiger partial charge in [0.2, 0.25) is 0 Å². The highest BCUT2D eigenvalue weighted by atomic mass is 19.1. The van der Waals surface area contributed by atoms with Crippen LogP contribution in [0.25, 0.3) is 0 Å². The van der Waals surface area contributed by atoms with Gasteiger partial charge in [-0.05, 0) is 24.1 Å². The highest BCUT2D eigenvalue weighted by Crippen LogP contribution is 2.05. The normalized spacial score (nSPS) is 11.4. The summed E-state index contributed by atoms with van der Waals surface area (Å²) in [5.74, 6) is 0.505. The van der Waals surface area contributed by atoms with Gasteiger partial charge in [-0.3, -0.25) is 10.1 Å². The Kier molecular flexibility index (Phi) is 5.11. The van der Waals surface area contributed by atoms with E-state index in [0.29, 0.717) is 31.0 Å². The first kappa shape index (κ1) is 14.0. The standard InChI is InChI=1S/C14H18FN5/c1-16-14(18-10-12-7-9-19-20-12)17-8-6-11-4-2-3-5-13(11)15/h2-5,7,9H,6,8,10H2,1H3,(H,19,20)(H2,16,17,18). The van der Waals surface area contributed by atoms with E-state index in [2.05, 4.69) is 25.8 Å². The molecule has 2 aromatic rings. The van der Waals surface area contributed by atoms with Crippen molar-refractivity contribution >= 4 is 5.96 Å². The maximum atomic E-state index is 13.4. The van der Waals surface area contributed by atoms with Crippen LogP contribution in [0.2, 0.25) is 0 Å². The van der Waals surface area contributed by atoms with Crippen molar-refractivity contribution in [1.82, 2.24) is 20.8 Å². The third kappa shape index (κ3) is 4.08. The van der Waals surface area contributed by atoms with Gasteiger partial charge in [0.15, 0.2) is 5.96 Å². The Hall–Kier alpha value is -2.37. The van der Waals surface area contributed by atoms with Gasteiger partial charge >= 0.3 is 0 Å². The zero-order chi connectivity index (χ0) is 14.2. The molecule has 5 nitrogen and oxygen atoms in total. The van der Waals surface area contributed by atoms with Crippen molar-refractivity contribution in [2.24, 2.45) is 4.99 Å². The molecule has 0 saturated heterocycles. The maximum absolute atomic E-state index is 13.4. The number of nitrogens with zero attached hydrogens (tertiary/aromatic N) is 2. The molecule has 2 rings (SSSR count). The average molecular weight is 275 g/mol. The summed E-state index contributed by atoms with van der Waals surface area (Å²) in [7, 11) is 1.70. The van der Waals surface area contributed by atoms with Crippen LogP contribution in [-0.4, -0.2) is 29.7 Å². The fourth-order valence-electron chi connectivity index (χ4n) is 1.80. The molecule has 106 valence electrons. The number of benzene rings is 1. The molecule has 0 aliphatic heterocycles. The monoisotopic (exact) mass is 275 g/mol. The minimum Gasteiger partial charge on any atom is -0.356 e. The molecule has 0 aliphatic rings. The lowest BCUT2D eigenvalue weighted by Crippen LogP contribution is -2.38. The summed E-state index contributed by atoms with van der Waals surface area (Å²) < 4.78 is 13.4. The lowest BCUT2D eigenvalue weighted by atomic mass is 10.1. The van der Waals surface area contributed by atoms with Crippen molar-refractivity contribution in [3.05, 3.63) is 53.6 Å². The number of halogens is 1. The second-order valence-electron chi connectivity index (χ2n) is 4.28. The van der Waals surface area contributed by atoms with Crippen molar-refractivity contribution in [3.63, 3.8) is 0 Å². The molecule has 0 radical (unpaired) electrons. The van der Waals surface area contributed by atoms with E-state index in [-0.39, 0.29) is 5.82 Å². The van der Waals surface area contributed by atoms with Crippen molar-refractivity contribution in [1.29, 1.82) is 0 Å². The summed E-state index contributed by atoms with van der Waals surface area (Å²) in [6, 6.07) is 8.68. The molecule has 0 fully saturated rings. The summed E-state index contributed by atoms with van der Waals surface area (Å²) in [5.41, 5.74) is 1.67. The summed E-state index contributed by atoms with van der Waals surface area (Å²) in [6.45, 7) is 1.23. The predicted octanol–water partition coefficient (Wildman–Crippen LogP) is 1.46. The topological polar surface area (TPSA) is 65.1 Å². The molecule has 20 heavy (non-hydrogen) atoms. The second kappa shape index (κ2) is 7.28. The van der Waals surface area contributed by atoms with Crippen LogP contribution in [0.1, 0.15) is 11.3 Å². The first-order valence-electron chi connectivity index (χ1n) is 6.46. The predicted molar refractivity (Wildman–Crippen MR) is 76.9 cm³/mol. The fraction of sp³-hybridized carbons (Fsp3) is 0.286. The van der Waals surface area contributed by atoms with Crippen molar-refractivity contribution < 1.29 is 4.39 Å². The van der Waals surface area contributed by atoms with Crippen LogP contribution in [0, 0.1) is 5.82 Å². The van der Waals surface area contributed by atoms with Crippen molar-refractivity contribution in [2.45, 2.75) is 13.0 Å². The van der Waals surface area contributed by atoms with Gasteiger partial charge in [-0.25, -0.2) is 4.39 Å². The van der Waals surface area contributed by atoms with E-state index >= 15 is 0 Å². The van der Waals surface area contributed by atoms with Gasteiger partial charge in [0, 0.05) is 19.8 Å². The third-order valence-corrected chi connectivity index (χ3v) is 2.87. The Morgan fingerprint density at radius 1 is 1.30 bits per heavy atom. The Bertz CT molecular complexity index is 550. The van der Waals surface area contributed by atoms with Gasteiger partial charge in [0.05, 0.1) is 12.2 Å². The molecule has 0 aliphatic carbocycles. The second-order valence-corrected chi connectivity index (χ2v) is 4.28. The lowest BCUT2D eigenvalue weighted by molar-refractivity contribution is 0.606. The number of aromatic amines is 1. The maximum Gasteiger partial charge on any atom is 0.191 e. The number of nitrogens with one attached hydrogen (secondary N) is 3. The number of hydrogen-bond donors (Lipinski definition) is 3. The van der Waals surface area contributed by atoms with Gasteiger partial charge in [-0.2, -0.15) is 5.10 Å². The van der Waals surface area contributed by atoms with Gasteiger partial charge in [-0.15, -0.1) is 0 Å². The molecule has 0 amide bonds. The van der Waals surface area contributed by atoms with E-state index in [1.54, 1.807) is 25.4 Å². The fourth-order valence-corrected chi connectivity index (χ4v) is 1.80. The Morgan fingerprint density at radius 3 is 2.85 bits per heavy atom. The molecular formula is C14H18FN5. The van der Waals surface area contributed by atoms with E-state index in [9.17, 15) is 4.39 Å². The minimum absolute atomic E-state index is 0.172. The largest absolute Gasteiger partial charge is 0.356 e. The lowest BCUT2D eigenvalue weighted by Gasteiger charge is -2.11. The molecule has 1 aromatic heterocycles. The Labute approximate surface area is 117 Å². The molecule has 0 spiro atoms. The van der Waals surface area contributed by atoms with Crippen LogP contribution >= 0.6 is 0 Å². The zero-order valence-corrected chi connectivity index (χ0v) is 11.4. The van der Waals surface area contributed by atoms with E-state index in [1.807, 2.05) is 12.1 Å². The average Bonchev–Trinajstić information content (AvgIpc) is 2.98. The van der Waals surface area contributed by atoms with Crippen LogP contribution in [-0.2, 0) is 13.0 Å². The molecule has 6 heteroatoms. The number of aliphatic imine (C=N–C) groups is 1. The highest BCUT2D eigenvalue weighted by molar-refractivity contribution is 5.79. The van der Waals surface area contributed by atoms with Crippen LogP contribution in [0.5, 0.6) is 0 Å². The van der Waals surface area contributed by atoms with Gasteiger partial charge in [0.25, 0.3) is 0 Å². The number of H-pyrrole nitrogens is 1. The van der Waals surface area contributed by atoms with Crippen LogP contribution in [0.3, 0.4) is 0 Å². The molecule has 0 saturated carbocycles. The molecule has 1 heterocycles. The smallest absolute Gasteiger partial charge is 0.191 e. The molecule has 3 N–H and O–H groups in total. The van der Waals surface area contributed by atoms with Gasteiger partial charge in [0.1, 0.15) is 5.82 Å². The number of hydrogen-bond acceptors (Lipinski definition) is 2. The van der Waals surface area contributed by atoms with E-state index in [1.165, 1.54) is 6.07 Å². The summed E-state index contributed by atoms with van der Waals surface area (Å²) in [4.78, 5) is 4.11. The van der Waals surface area contributed by atoms with Gasteiger partial charge < -0.3 is 10.6 Å². The SMILES string of the molecule is CN=C(NCCc1ccccc1F)NCc1ccn[nH]1. The Balaban J connectivity index is 1.75. The zero-order valence-electron chi connectivity index (χ0n) is 11.4. The molecule has 0 atom stereocenters. The van der Waals surface area contributed by atoms with E-state index in [0.717, 1.165) is 5.69 Å². The first-order valence-corrected chi connectivity index (χ1v) is 6.46. The number of guanidine groups is 1. The minimum atomic E-state index is -0.172. The Morgan fingerprint density at radius 2 is 2.15 bits per heavy atom. The van der Waals surface area contributed by atoms with E-state index in [4.69, 9.17) is 0 Å². The van der Waals surface area contributed by atoms with Crippen LogP contribution in [0.4, 0.5) is 4.39 Å². The third-order valence-electron chi connectivity index (χ3n) is 2.87. The molecule has 0 unspecified atom stereocenters. The van der Waals surface area contributed by atoms with Crippen molar-refractivity contribution in [2.75, 3.05) is 13.6 Å². The molecule has 0 bridgehead atoms. The van der Waals surface area contributed by atoms with Gasteiger partial charge in [-0.1, -0.05) is 18.2 Å². The number of rotatable bonds is 5.